The van der Waals surface area contributed by atoms with Crippen LogP contribution in [0, 0.1) is 11.8 Å². The maximum atomic E-state index is 11.4. The second-order valence-corrected chi connectivity index (χ2v) is 4.07. The first-order valence-electron chi connectivity index (χ1n) is 4.61. The van der Waals surface area contributed by atoms with E-state index in [0.717, 1.165) is 0 Å². The number of nitrogens with zero attached hydrogens (tertiary/aromatic N) is 1. The first kappa shape index (κ1) is 11.3. The largest absolute Gasteiger partial charge is 0.481 e. The number of amides is 1. The third-order valence-electron chi connectivity index (χ3n) is 2.43. The molecule has 1 aliphatic heterocycles. The summed E-state index contributed by atoms with van der Waals surface area (Å²) in [6, 6.07) is 0. The summed E-state index contributed by atoms with van der Waals surface area (Å²) in [5.41, 5.74) is 0. The van der Waals surface area contributed by atoms with Crippen molar-refractivity contribution in [2.75, 3.05) is 19.0 Å². The molecule has 14 heavy (non-hydrogen) atoms. The normalized spacial score (nSPS) is 24.0. The zero-order chi connectivity index (χ0) is 10.7. The molecule has 1 N–H and O–H groups in total. The van der Waals surface area contributed by atoms with E-state index in [-0.39, 0.29) is 11.8 Å². The molecular weight excluding hydrogens is 206 g/mol. The van der Waals surface area contributed by atoms with E-state index in [1.807, 2.05) is 0 Å². The van der Waals surface area contributed by atoms with Gasteiger partial charge in [0.25, 0.3) is 0 Å². The molecular formula is C9H14ClNO3. The number of carbonyl (C=O) groups is 2. The molecule has 0 aromatic carbocycles. The highest BCUT2D eigenvalue weighted by Gasteiger charge is 2.30. The summed E-state index contributed by atoms with van der Waals surface area (Å²) in [5.74, 6) is -0.710. The molecule has 0 aromatic rings. The molecule has 5 heteroatoms. The second kappa shape index (κ2) is 4.64. The summed E-state index contributed by atoms with van der Waals surface area (Å²) in [5, 5.41) is 8.69. The lowest BCUT2D eigenvalue weighted by Crippen LogP contribution is -2.33. The minimum Gasteiger partial charge on any atom is -0.481 e. The van der Waals surface area contributed by atoms with Crippen LogP contribution in [0.4, 0.5) is 0 Å². The predicted octanol–water partition coefficient (Wildman–Crippen LogP) is 0.794. The van der Waals surface area contributed by atoms with Gasteiger partial charge in [0.05, 0.1) is 5.92 Å². The number of likely N-dealkylation sites (tertiary alicyclic amines) is 1. The highest BCUT2D eigenvalue weighted by Crippen LogP contribution is 2.19. The molecule has 0 spiro atoms. The lowest BCUT2D eigenvalue weighted by Gasteiger charge is -2.18. The standard InChI is InChI=1S/C9H14ClNO3/c1-6(9(13)14)4-11-5-7(3-10)2-8(11)12/h6-7H,2-5H2,1H3,(H,13,14). The molecule has 80 valence electrons. The molecule has 0 saturated carbocycles. The van der Waals surface area contributed by atoms with Crippen LogP contribution in [0.25, 0.3) is 0 Å². The Morgan fingerprint density at radius 1 is 1.79 bits per heavy atom. The van der Waals surface area contributed by atoms with Gasteiger partial charge in [0, 0.05) is 25.4 Å². The molecule has 0 aliphatic carbocycles. The Balaban J connectivity index is 2.46. The Bertz CT molecular complexity index is 244. The van der Waals surface area contributed by atoms with Crippen LogP contribution in [0.15, 0.2) is 0 Å². The molecule has 0 radical (unpaired) electrons. The molecule has 2 atom stereocenters. The van der Waals surface area contributed by atoms with Crippen LogP contribution >= 0.6 is 11.6 Å². The van der Waals surface area contributed by atoms with Gasteiger partial charge in [0.15, 0.2) is 0 Å². The van der Waals surface area contributed by atoms with Crippen molar-refractivity contribution in [1.29, 1.82) is 0 Å². The molecule has 2 unspecified atom stereocenters. The third-order valence-corrected chi connectivity index (χ3v) is 2.87. The fourth-order valence-electron chi connectivity index (χ4n) is 1.54. The maximum Gasteiger partial charge on any atom is 0.308 e. The van der Waals surface area contributed by atoms with Crippen molar-refractivity contribution in [3.63, 3.8) is 0 Å². The van der Waals surface area contributed by atoms with Crippen LogP contribution in [0.3, 0.4) is 0 Å². The fraction of sp³-hybridized carbons (Fsp3) is 0.778. The summed E-state index contributed by atoms with van der Waals surface area (Å²) < 4.78 is 0. The van der Waals surface area contributed by atoms with Crippen molar-refractivity contribution in [3.05, 3.63) is 0 Å². The van der Waals surface area contributed by atoms with Gasteiger partial charge in [0.1, 0.15) is 0 Å². The number of carboxylic acids is 1. The molecule has 1 fully saturated rings. The lowest BCUT2D eigenvalue weighted by molar-refractivity contribution is -0.142. The molecule has 1 heterocycles. The SMILES string of the molecule is CC(CN1CC(CCl)CC1=O)C(=O)O. The van der Waals surface area contributed by atoms with Gasteiger partial charge in [0.2, 0.25) is 5.91 Å². The van der Waals surface area contributed by atoms with Gasteiger partial charge < -0.3 is 10.0 Å². The van der Waals surface area contributed by atoms with Crippen LogP contribution in [-0.4, -0.2) is 40.9 Å². The van der Waals surface area contributed by atoms with Gasteiger partial charge in [-0.25, -0.2) is 0 Å². The van der Waals surface area contributed by atoms with Crippen molar-refractivity contribution < 1.29 is 14.7 Å². The van der Waals surface area contributed by atoms with Crippen molar-refractivity contribution in [3.8, 4) is 0 Å². The Labute approximate surface area is 87.8 Å². The topological polar surface area (TPSA) is 57.6 Å². The quantitative estimate of drug-likeness (QED) is 0.712. The summed E-state index contributed by atoms with van der Waals surface area (Å²) in [4.78, 5) is 23.5. The summed E-state index contributed by atoms with van der Waals surface area (Å²) >= 11 is 5.64. The molecule has 1 aliphatic rings. The number of carboxylic acid groups (broad SMARTS) is 1. The molecule has 1 amide bonds. The Hall–Kier alpha value is -0.770. The zero-order valence-corrected chi connectivity index (χ0v) is 8.83. The van der Waals surface area contributed by atoms with Gasteiger partial charge in [-0.3, -0.25) is 9.59 Å². The van der Waals surface area contributed by atoms with Crippen LogP contribution in [0.5, 0.6) is 0 Å². The highest BCUT2D eigenvalue weighted by atomic mass is 35.5. The van der Waals surface area contributed by atoms with E-state index in [1.165, 1.54) is 0 Å². The summed E-state index contributed by atoms with van der Waals surface area (Å²) in [6.07, 6.45) is 0.454. The minimum atomic E-state index is -0.868. The number of alkyl halides is 1. The predicted molar refractivity (Wildman–Crippen MR) is 52.2 cm³/mol. The average Bonchev–Trinajstić information content (AvgIpc) is 2.47. The lowest BCUT2D eigenvalue weighted by atomic mass is 10.1. The van der Waals surface area contributed by atoms with E-state index in [0.29, 0.717) is 25.4 Å². The molecule has 1 rings (SSSR count). The number of halogens is 1. The highest BCUT2D eigenvalue weighted by molar-refractivity contribution is 6.18. The Morgan fingerprint density at radius 2 is 2.43 bits per heavy atom. The zero-order valence-electron chi connectivity index (χ0n) is 8.07. The molecule has 1 saturated heterocycles. The minimum absolute atomic E-state index is 0.0174. The third kappa shape index (κ3) is 2.61. The van der Waals surface area contributed by atoms with Crippen LogP contribution in [0.2, 0.25) is 0 Å². The van der Waals surface area contributed by atoms with E-state index < -0.39 is 11.9 Å². The molecule has 4 nitrogen and oxygen atoms in total. The monoisotopic (exact) mass is 219 g/mol. The van der Waals surface area contributed by atoms with E-state index in [9.17, 15) is 9.59 Å². The first-order valence-corrected chi connectivity index (χ1v) is 5.14. The molecule has 0 aromatic heterocycles. The van der Waals surface area contributed by atoms with Crippen molar-refractivity contribution in [2.24, 2.45) is 11.8 Å². The number of rotatable bonds is 4. The van der Waals surface area contributed by atoms with Crippen LogP contribution in [-0.2, 0) is 9.59 Å². The van der Waals surface area contributed by atoms with E-state index in [1.54, 1.807) is 11.8 Å². The number of aliphatic carboxylic acids is 1. The van der Waals surface area contributed by atoms with Gasteiger partial charge in [-0.15, -0.1) is 11.6 Å². The van der Waals surface area contributed by atoms with Gasteiger partial charge in [-0.05, 0) is 5.92 Å². The van der Waals surface area contributed by atoms with Crippen LogP contribution < -0.4 is 0 Å². The summed E-state index contributed by atoms with van der Waals surface area (Å²) in [7, 11) is 0. The van der Waals surface area contributed by atoms with E-state index >= 15 is 0 Å². The smallest absolute Gasteiger partial charge is 0.308 e. The van der Waals surface area contributed by atoms with Crippen molar-refractivity contribution in [1.82, 2.24) is 4.90 Å². The Morgan fingerprint density at radius 3 is 2.86 bits per heavy atom. The first-order chi connectivity index (χ1) is 6.54. The fourth-order valence-corrected chi connectivity index (χ4v) is 1.75. The van der Waals surface area contributed by atoms with E-state index in [2.05, 4.69) is 0 Å². The average molecular weight is 220 g/mol. The van der Waals surface area contributed by atoms with Crippen molar-refractivity contribution >= 4 is 23.5 Å². The number of hydrogen-bond donors (Lipinski definition) is 1. The van der Waals surface area contributed by atoms with Crippen molar-refractivity contribution in [2.45, 2.75) is 13.3 Å². The maximum absolute atomic E-state index is 11.4. The van der Waals surface area contributed by atoms with Crippen LogP contribution in [0.1, 0.15) is 13.3 Å². The number of carbonyl (C=O) groups excluding carboxylic acids is 1. The van der Waals surface area contributed by atoms with Gasteiger partial charge >= 0.3 is 5.97 Å². The van der Waals surface area contributed by atoms with Gasteiger partial charge in [-0.1, -0.05) is 6.92 Å². The Kier molecular flexibility index (Phi) is 3.75. The number of hydrogen-bond acceptors (Lipinski definition) is 2. The summed E-state index contributed by atoms with van der Waals surface area (Å²) in [6.45, 7) is 2.49. The van der Waals surface area contributed by atoms with E-state index in [4.69, 9.17) is 16.7 Å². The molecule has 0 bridgehead atoms. The second-order valence-electron chi connectivity index (χ2n) is 3.76. The van der Waals surface area contributed by atoms with Gasteiger partial charge in [-0.2, -0.15) is 0 Å².